The summed E-state index contributed by atoms with van der Waals surface area (Å²) in [5, 5.41) is 5.83. The molecule has 1 saturated heterocycles. The number of nitrogens with one attached hydrogen (secondary N) is 2. The number of rotatable bonds is 5. The quantitative estimate of drug-likeness (QED) is 0.819. The molecule has 1 heterocycles. The Hall–Kier alpha value is -1.76. The normalized spacial score (nSPS) is 18.8. The zero-order chi connectivity index (χ0) is 16.0. The molecule has 1 aromatic rings. The molecule has 0 saturated carbocycles. The van der Waals surface area contributed by atoms with Gasteiger partial charge in [0.15, 0.2) is 0 Å². The number of para-hydroxylation sites is 1. The van der Waals surface area contributed by atoms with Gasteiger partial charge >= 0.3 is 6.18 Å². The SMILES string of the molecule is O=C(NCCOc1ccccc1C(F)(F)F)C1CCCNC1. The fraction of sp³-hybridized carbons (Fsp3) is 0.533. The zero-order valence-electron chi connectivity index (χ0n) is 12.1. The molecule has 0 bridgehead atoms. The summed E-state index contributed by atoms with van der Waals surface area (Å²) in [5.74, 6) is -0.375. The topological polar surface area (TPSA) is 50.4 Å². The average molecular weight is 316 g/mol. The predicted octanol–water partition coefficient (Wildman–Crippen LogP) is 2.20. The summed E-state index contributed by atoms with van der Waals surface area (Å²) in [7, 11) is 0. The number of piperidine rings is 1. The molecule has 0 spiro atoms. The molecule has 0 aliphatic carbocycles. The zero-order valence-corrected chi connectivity index (χ0v) is 12.1. The van der Waals surface area contributed by atoms with Crippen molar-refractivity contribution in [2.75, 3.05) is 26.2 Å². The van der Waals surface area contributed by atoms with Gasteiger partial charge < -0.3 is 15.4 Å². The molecular formula is C15H19F3N2O2. The molecule has 0 aromatic heterocycles. The minimum Gasteiger partial charge on any atom is -0.491 e. The summed E-state index contributed by atoms with van der Waals surface area (Å²) in [6, 6.07) is 5.04. The third-order valence-corrected chi connectivity index (χ3v) is 3.52. The van der Waals surface area contributed by atoms with E-state index < -0.39 is 11.7 Å². The smallest absolute Gasteiger partial charge is 0.419 e. The van der Waals surface area contributed by atoms with Crippen LogP contribution < -0.4 is 15.4 Å². The van der Waals surface area contributed by atoms with E-state index >= 15 is 0 Å². The van der Waals surface area contributed by atoms with Gasteiger partial charge in [0.2, 0.25) is 5.91 Å². The average Bonchev–Trinajstić information content (AvgIpc) is 2.51. The second kappa shape index (κ2) is 7.49. The fourth-order valence-electron chi connectivity index (χ4n) is 2.38. The largest absolute Gasteiger partial charge is 0.491 e. The number of carbonyl (C=O) groups is 1. The van der Waals surface area contributed by atoms with Crippen molar-refractivity contribution in [1.82, 2.24) is 10.6 Å². The van der Waals surface area contributed by atoms with Crippen LogP contribution in [0, 0.1) is 5.92 Å². The highest BCUT2D eigenvalue weighted by Gasteiger charge is 2.33. The van der Waals surface area contributed by atoms with Crippen molar-refractivity contribution < 1.29 is 22.7 Å². The fourth-order valence-corrected chi connectivity index (χ4v) is 2.38. The number of ether oxygens (including phenoxy) is 1. The number of amides is 1. The molecule has 1 aliphatic heterocycles. The Bertz CT molecular complexity index is 500. The second-order valence-corrected chi connectivity index (χ2v) is 5.18. The number of hydrogen-bond donors (Lipinski definition) is 2. The Morgan fingerprint density at radius 3 is 2.82 bits per heavy atom. The van der Waals surface area contributed by atoms with E-state index in [0.29, 0.717) is 6.54 Å². The molecule has 1 atom stereocenters. The van der Waals surface area contributed by atoms with Crippen molar-refractivity contribution in [3.63, 3.8) is 0 Å². The highest BCUT2D eigenvalue weighted by Crippen LogP contribution is 2.35. The summed E-state index contributed by atoms with van der Waals surface area (Å²) in [6.07, 6.45) is -2.67. The Morgan fingerprint density at radius 1 is 1.36 bits per heavy atom. The van der Waals surface area contributed by atoms with Crippen molar-refractivity contribution in [3.8, 4) is 5.75 Å². The van der Waals surface area contributed by atoms with Gasteiger partial charge in [-0.15, -0.1) is 0 Å². The molecule has 1 fully saturated rings. The Labute approximate surface area is 127 Å². The lowest BCUT2D eigenvalue weighted by Gasteiger charge is -2.22. The van der Waals surface area contributed by atoms with Crippen LogP contribution in [0.3, 0.4) is 0 Å². The van der Waals surface area contributed by atoms with Crippen LogP contribution in [0.2, 0.25) is 0 Å². The third-order valence-electron chi connectivity index (χ3n) is 3.52. The van der Waals surface area contributed by atoms with Crippen LogP contribution in [0.25, 0.3) is 0 Å². The van der Waals surface area contributed by atoms with E-state index in [0.717, 1.165) is 25.5 Å². The Morgan fingerprint density at radius 2 is 2.14 bits per heavy atom. The van der Waals surface area contributed by atoms with E-state index in [1.807, 2.05) is 0 Å². The summed E-state index contributed by atoms with van der Waals surface area (Å²) in [5.41, 5.74) is -0.808. The van der Waals surface area contributed by atoms with E-state index in [1.54, 1.807) is 0 Å². The van der Waals surface area contributed by atoms with Crippen molar-refractivity contribution in [1.29, 1.82) is 0 Å². The molecule has 22 heavy (non-hydrogen) atoms. The van der Waals surface area contributed by atoms with Crippen molar-refractivity contribution in [2.45, 2.75) is 19.0 Å². The van der Waals surface area contributed by atoms with Gasteiger partial charge in [-0.3, -0.25) is 4.79 Å². The summed E-state index contributed by atoms with van der Waals surface area (Å²) in [4.78, 5) is 11.8. The molecule has 1 unspecified atom stereocenters. The molecule has 1 aliphatic rings. The molecule has 7 heteroatoms. The molecule has 122 valence electrons. The van der Waals surface area contributed by atoms with Crippen molar-refractivity contribution in [3.05, 3.63) is 29.8 Å². The highest BCUT2D eigenvalue weighted by molar-refractivity contribution is 5.78. The number of alkyl halides is 3. The maximum atomic E-state index is 12.8. The second-order valence-electron chi connectivity index (χ2n) is 5.18. The molecule has 2 N–H and O–H groups in total. The van der Waals surface area contributed by atoms with Crippen molar-refractivity contribution >= 4 is 5.91 Å². The van der Waals surface area contributed by atoms with Gasteiger partial charge in [-0.25, -0.2) is 0 Å². The first-order valence-electron chi connectivity index (χ1n) is 7.26. The van der Waals surface area contributed by atoms with Crippen LogP contribution >= 0.6 is 0 Å². The van der Waals surface area contributed by atoms with Gasteiger partial charge in [-0.1, -0.05) is 12.1 Å². The molecule has 0 radical (unpaired) electrons. The van der Waals surface area contributed by atoms with Gasteiger partial charge in [0.25, 0.3) is 0 Å². The maximum Gasteiger partial charge on any atom is 0.419 e. The number of halogens is 3. The summed E-state index contributed by atoms with van der Waals surface area (Å²) in [6.45, 7) is 1.74. The van der Waals surface area contributed by atoms with Gasteiger partial charge in [0, 0.05) is 6.54 Å². The predicted molar refractivity (Wildman–Crippen MR) is 75.5 cm³/mol. The highest BCUT2D eigenvalue weighted by atomic mass is 19.4. The van der Waals surface area contributed by atoms with E-state index in [4.69, 9.17) is 4.74 Å². The number of benzene rings is 1. The van der Waals surface area contributed by atoms with E-state index in [1.165, 1.54) is 18.2 Å². The first kappa shape index (κ1) is 16.6. The Balaban J connectivity index is 1.78. The monoisotopic (exact) mass is 316 g/mol. The van der Waals surface area contributed by atoms with Gasteiger partial charge in [0.1, 0.15) is 12.4 Å². The van der Waals surface area contributed by atoms with Crippen LogP contribution in [-0.4, -0.2) is 32.1 Å². The van der Waals surface area contributed by atoms with E-state index in [2.05, 4.69) is 10.6 Å². The van der Waals surface area contributed by atoms with Crippen LogP contribution in [0.4, 0.5) is 13.2 Å². The molecular weight excluding hydrogens is 297 g/mol. The van der Waals surface area contributed by atoms with E-state index in [9.17, 15) is 18.0 Å². The molecule has 1 aromatic carbocycles. The lowest BCUT2D eigenvalue weighted by Crippen LogP contribution is -2.41. The van der Waals surface area contributed by atoms with E-state index in [-0.39, 0.29) is 30.7 Å². The van der Waals surface area contributed by atoms with Crippen LogP contribution in [0.5, 0.6) is 5.75 Å². The third kappa shape index (κ3) is 4.62. The molecule has 2 rings (SSSR count). The number of hydrogen-bond acceptors (Lipinski definition) is 3. The van der Waals surface area contributed by atoms with Gasteiger partial charge in [-0.2, -0.15) is 13.2 Å². The number of carbonyl (C=O) groups excluding carboxylic acids is 1. The lowest BCUT2D eigenvalue weighted by molar-refractivity contribution is -0.139. The minimum atomic E-state index is -4.45. The van der Waals surface area contributed by atoms with Gasteiger partial charge in [-0.05, 0) is 31.5 Å². The van der Waals surface area contributed by atoms with Crippen LogP contribution in [0.1, 0.15) is 18.4 Å². The van der Waals surface area contributed by atoms with Gasteiger partial charge in [0.05, 0.1) is 18.0 Å². The lowest BCUT2D eigenvalue weighted by atomic mass is 9.99. The molecule has 1 amide bonds. The van der Waals surface area contributed by atoms with Crippen LogP contribution in [-0.2, 0) is 11.0 Å². The first-order valence-corrected chi connectivity index (χ1v) is 7.26. The summed E-state index contributed by atoms with van der Waals surface area (Å²) >= 11 is 0. The van der Waals surface area contributed by atoms with Crippen molar-refractivity contribution in [2.24, 2.45) is 5.92 Å². The summed E-state index contributed by atoms with van der Waals surface area (Å²) < 4.78 is 43.5. The first-order chi connectivity index (χ1) is 10.5. The molecule has 4 nitrogen and oxygen atoms in total. The standard InChI is InChI=1S/C15H19F3N2O2/c16-15(17,18)12-5-1-2-6-13(12)22-9-8-20-14(21)11-4-3-7-19-10-11/h1-2,5-6,11,19H,3-4,7-10H2,(H,20,21). The Kier molecular flexibility index (Phi) is 5.65. The van der Waals surface area contributed by atoms with Crippen LogP contribution in [0.15, 0.2) is 24.3 Å². The maximum absolute atomic E-state index is 12.8. The minimum absolute atomic E-state index is 0.00101.